The summed E-state index contributed by atoms with van der Waals surface area (Å²) >= 11 is 0. The maximum atomic E-state index is 9.49. The maximum absolute atomic E-state index is 9.49. The molecule has 17 heavy (non-hydrogen) atoms. The Morgan fingerprint density at radius 1 is 1.24 bits per heavy atom. The van der Waals surface area contributed by atoms with Crippen molar-refractivity contribution in [2.24, 2.45) is 0 Å². The summed E-state index contributed by atoms with van der Waals surface area (Å²) in [6.45, 7) is 2.34. The summed E-state index contributed by atoms with van der Waals surface area (Å²) in [5.41, 5.74) is 0. The van der Waals surface area contributed by atoms with Gasteiger partial charge in [0.25, 0.3) is 0 Å². The lowest BCUT2D eigenvalue weighted by molar-refractivity contribution is 0.200. The summed E-state index contributed by atoms with van der Waals surface area (Å²) in [5.74, 6) is 2.70. The number of hydrogen-bond acceptors (Lipinski definition) is 4. The van der Waals surface area contributed by atoms with Crippen molar-refractivity contribution in [3.05, 3.63) is 11.6 Å². The van der Waals surface area contributed by atoms with Crippen molar-refractivity contribution in [1.29, 1.82) is 0 Å². The van der Waals surface area contributed by atoms with Crippen molar-refractivity contribution in [1.82, 2.24) is 20.1 Å². The second kappa shape index (κ2) is 4.74. The SMILES string of the molecule is OCC1CCCc2nnc(C3CCNCC3)n21. The summed E-state index contributed by atoms with van der Waals surface area (Å²) < 4.78 is 2.22. The molecule has 0 spiro atoms. The Balaban J connectivity index is 1.91. The molecule has 1 fully saturated rings. The number of nitrogens with one attached hydrogen (secondary N) is 1. The van der Waals surface area contributed by atoms with E-state index in [1.165, 1.54) is 0 Å². The van der Waals surface area contributed by atoms with Crippen LogP contribution in [0.1, 0.15) is 49.3 Å². The van der Waals surface area contributed by atoms with Crippen LogP contribution in [0.15, 0.2) is 0 Å². The molecule has 2 N–H and O–H groups in total. The van der Waals surface area contributed by atoms with E-state index in [0.29, 0.717) is 5.92 Å². The fourth-order valence-corrected chi connectivity index (χ4v) is 3.06. The second-order valence-corrected chi connectivity index (χ2v) is 5.10. The molecule has 3 heterocycles. The molecule has 1 aromatic rings. The van der Waals surface area contributed by atoms with Gasteiger partial charge in [0.1, 0.15) is 11.6 Å². The minimum Gasteiger partial charge on any atom is -0.394 e. The van der Waals surface area contributed by atoms with E-state index in [1.807, 2.05) is 0 Å². The van der Waals surface area contributed by atoms with Crippen molar-refractivity contribution < 1.29 is 5.11 Å². The number of hydrogen-bond donors (Lipinski definition) is 2. The van der Waals surface area contributed by atoms with E-state index in [1.54, 1.807) is 0 Å². The van der Waals surface area contributed by atoms with Crippen molar-refractivity contribution in [3.63, 3.8) is 0 Å². The number of aryl methyl sites for hydroxylation is 1. The van der Waals surface area contributed by atoms with Gasteiger partial charge in [0.2, 0.25) is 0 Å². The third kappa shape index (κ3) is 1.98. The molecular weight excluding hydrogens is 216 g/mol. The molecule has 1 unspecified atom stereocenters. The zero-order chi connectivity index (χ0) is 11.7. The highest BCUT2D eigenvalue weighted by Gasteiger charge is 2.28. The molecule has 0 radical (unpaired) electrons. The van der Waals surface area contributed by atoms with Crippen LogP contribution in [0.4, 0.5) is 0 Å². The fraction of sp³-hybridized carbons (Fsp3) is 0.833. The lowest BCUT2D eigenvalue weighted by Gasteiger charge is -2.28. The Morgan fingerprint density at radius 3 is 2.82 bits per heavy atom. The number of aliphatic hydroxyl groups excluding tert-OH is 1. The Labute approximate surface area is 101 Å². The molecule has 0 aliphatic carbocycles. The first-order chi connectivity index (χ1) is 8.40. The van der Waals surface area contributed by atoms with Gasteiger partial charge in [-0.1, -0.05) is 0 Å². The minimum absolute atomic E-state index is 0.207. The summed E-state index contributed by atoms with van der Waals surface area (Å²) in [4.78, 5) is 0. The highest BCUT2D eigenvalue weighted by molar-refractivity contribution is 5.08. The molecule has 3 rings (SSSR count). The Kier molecular flexibility index (Phi) is 3.11. The molecule has 1 aromatic heterocycles. The van der Waals surface area contributed by atoms with Gasteiger partial charge in [0.05, 0.1) is 12.6 Å². The Bertz CT molecular complexity index is 384. The van der Waals surface area contributed by atoms with Crippen LogP contribution in [-0.2, 0) is 6.42 Å². The van der Waals surface area contributed by atoms with E-state index in [2.05, 4.69) is 20.1 Å². The van der Waals surface area contributed by atoms with Crippen LogP contribution in [0.5, 0.6) is 0 Å². The van der Waals surface area contributed by atoms with E-state index in [4.69, 9.17) is 0 Å². The lowest BCUT2D eigenvalue weighted by atomic mass is 9.95. The second-order valence-electron chi connectivity index (χ2n) is 5.10. The number of fused-ring (bicyclic) bond motifs is 1. The summed E-state index contributed by atoms with van der Waals surface area (Å²) in [6.07, 6.45) is 5.45. The van der Waals surface area contributed by atoms with Crippen LogP contribution in [0.25, 0.3) is 0 Å². The zero-order valence-corrected chi connectivity index (χ0v) is 10.1. The fourth-order valence-electron chi connectivity index (χ4n) is 3.06. The molecular formula is C12H20N4O. The van der Waals surface area contributed by atoms with Crippen molar-refractivity contribution in [2.45, 2.75) is 44.1 Å². The van der Waals surface area contributed by atoms with E-state index < -0.39 is 0 Å². The molecule has 94 valence electrons. The van der Waals surface area contributed by atoms with Gasteiger partial charge in [0, 0.05) is 12.3 Å². The third-order valence-corrected chi connectivity index (χ3v) is 4.01. The molecule has 0 aromatic carbocycles. The zero-order valence-electron chi connectivity index (χ0n) is 10.1. The largest absolute Gasteiger partial charge is 0.394 e. The number of aromatic nitrogens is 3. The molecule has 2 aliphatic rings. The van der Waals surface area contributed by atoms with Gasteiger partial charge in [-0.2, -0.15) is 0 Å². The van der Waals surface area contributed by atoms with E-state index >= 15 is 0 Å². The standard InChI is InChI=1S/C12H20N4O/c17-8-10-2-1-3-11-14-15-12(16(10)11)9-4-6-13-7-5-9/h9-10,13,17H,1-8H2. The first-order valence-corrected chi connectivity index (χ1v) is 6.65. The van der Waals surface area contributed by atoms with Gasteiger partial charge >= 0.3 is 0 Å². The molecule has 0 bridgehead atoms. The highest BCUT2D eigenvalue weighted by Crippen LogP contribution is 2.31. The van der Waals surface area contributed by atoms with E-state index in [9.17, 15) is 5.11 Å². The topological polar surface area (TPSA) is 63.0 Å². The van der Waals surface area contributed by atoms with E-state index in [-0.39, 0.29) is 12.6 Å². The van der Waals surface area contributed by atoms with Crippen LogP contribution >= 0.6 is 0 Å². The number of nitrogens with zero attached hydrogens (tertiary/aromatic N) is 3. The van der Waals surface area contributed by atoms with Crippen LogP contribution in [0.2, 0.25) is 0 Å². The molecule has 1 saturated heterocycles. The Morgan fingerprint density at radius 2 is 2.06 bits per heavy atom. The number of rotatable bonds is 2. The van der Waals surface area contributed by atoms with Crippen molar-refractivity contribution in [3.8, 4) is 0 Å². The predicted molar refractivity (Wildman–Crippen MR) is 63.9 cm³/mol. The third-order valence-electron chi connectivity index (χ3n) is 4.01. The minimum atomic E-state index is 0.207. The van der Waals surface area contributed by atoms with Gasteiger partial charge in [-0.05, 0) is 38.8 Å². The average Bonchev–Trinajstić information content (AvgIpc) is 2.83. The molecule has 2 aliphatic heterocycles. The average molecular weight is 236 g/mol. The van der Waals surface area contributed by atoms with Gasteiger partial charge in [0.15, 0.2) is 0 Å². The van der Waals surface area contributed by atoms with Crippen LogP contribution < -0.4 is 5.32 Å². The van der Waals surface area contributed by atoms with E-state index in [0.717, 1.165) is 56.8 Å². The van der Waals surface area contributed by atoms with Crippen LogP contribution in [0, 0.1) is 0 Å². The van der Waals surface area contributed by atoms with Crippen molar-refractivity contribution >= 4 is 0 Å². The quantitative estimate of drug-likeness (QED) is 0.790. The van der Waals surface area contributed by atoms with Gasteiger partial charge in [-0.25, -0.2) is 0 Å². The molecule has 5 nitrogen and oxygen atoms in total. The molecule has 1 atom stereocenters. The van der Waals surface area contributed by atoms with Crippen LogP contribution in [0.3, 0.4) is 0 Å². The Hall–Kier alpha value is -0.940. The monoisotopic (exact) mass is 236 g/mol. The molecule has 0 saturated carbocycles. The van der Waals surface area contributed by atoms with Crippen LogP contribution in [-0.4, -0.2) is 39.6 Å². The maximum Gasteiger partial charge on any atom is 0.136 e. The predicted octanol–water partition coefficient (Wildman–Crippen LogP) is 0.615. The number of aliphatic hydroxyl groups is 1. The summed E-state index contributed by atoms with van der Waals surface area (Å²) in [7, 11) is 0. The first kappa shape index (κ1) is 11.2. The summed E-state index contributed by atoms with van der Waals surface area (Å²) in [5, 5.41) is 21.6. The summed E-state index contributed by atoms with van der Waals surface area (Å²) in [6, 6.07) is 0.207. The van der Waals surface area contributed by atoms with Gasteiger partial charge < -0.3 is 15.0 Å². The van der Waals surface area contributed by atoms with Gasteiger partial charge in [-0.15, -0.1) is 10.2 Å². The number of piperidine rings is 1. The highest BCUT2D eigenvalue weighted by atomic mass is 16.3. The van der Waals surface area contributed by atoms with Crippen molar-refractivity contribution in [2.75, 3.05) is 19.7 Å². The van der Waals surface area contributed by atoms with Gasteiger partial charge in [-0.3, -0.25) is 0 Å². The molecule has 0 amide bonds. The normalized spacial score (nSPS) is 25.8. The lowest BCUT2D eigenvalue weighted by Crippen LogP contribution is -2.30. The molecule has 5 heteroatoms. The smallest absolute Gasteiger partial charge is 0.136 e. The first-order valence-electron chi connectivity index (χ1n) is 6.65.